The molecule has 0 aliphatic carbocycles. The van der Waals surface area contributed by atoms with Crippen LogP contribution in [0.3, 0.4) is 0 Å². The monoisotopic (exact) mass is 190 g/mol. The first-order valence-electron chi connectivity index (χ1n) is 4.45. The molecule has 0 spiro atoms. The summed E-state index contributed by atoms with van der Waals surface area (Å²) in [6.45, 7) is 3.68. The first-order valence-corrected chi connectivity index (χ1v) is 4.45. The van der Waals surface area contributed by atoms with Crippen LogP contribution in [0.5, 0.6) is 0 Å². The van der Waals surface area contributed by atoms with E-state index in [4.69, 9.17) is 14.2 Å². The van der Waals surface area contributed by atoms with Crippen molar-refractivity contribution in [1.29, 1.82) is 0 Å². The molecule has 0 bridgehead atoms. The van der Waals surface area contributed by atoms with Crippen molar-refractivity contribution >= 4 is 0 Å². The summed E-state index contributed by atoms with van der Waals surface area (Å²) in [7, 11) is 3.18. The van der Waals surface area contributed by atoms with Gasteiger partial charge in [0, 0.05) is 20.6 Å². The van der Waals surface area contributed by atoms with E-state index in [-0.39, 0.29) is 12.4 Å². The fourth-order valence-electron chi connectivity index (χ4n) is 1.65. The van der Waals surface area contributed by atoms with E-state index in [9.17, 15) is 5.11 Å². The van der Waals surface area contributed by atoms with Gasteiger partial charge in [-0.2, -0.15) is 0 Å². The van der Waals surface area contributed by atoms with Gasteiger partial charge >= 0.3 is 0 Å². The maximum absolute atomic E-state index is 9.80. The lowest BCUT2D eigenvalue weighted by Crippen LogP contribution is -2.56. The van der Waals surface area contributed by atoms with E-state index in [2.05, 4.69) is 0 Å². The number of methoxy groups -OCH3 is 2. The van der Waals surface area contributed by atoms with Gasteiger partial charge in [0.2, 0.25) is 0 Å². The van der Waals surface area contributed by atoms with Crippen molar-refractivity contribution in [2.24, 2.45) is 0 Å². The second kappa shape index (κ2) is 3.92. The highest BCUT2D eigenvalue weighted by Gasteiger charge is 2.44. The van der Waals surface area contributed by atoms with Crippen molar-refractivity contribution in [2.75, 3.05) is 14.2 Å². The van der Waals surface area contributed by atoms with Crippen molar-refractivity contribution in [3.8, 4) is 0 Å². The Hall–Kier alpha value is -0.160. The molecular formula is C9H18O4. The topological polar surface area (TPSA) is 47.9 Å². The smallest absolute Gasteiger partial charge is 0.160 e. The molecule has 4 heteroatoms. The third kappa shape index (κ3) is 2.02. The number of aliphatic hydroxyl groups is 1. The molecule has 0 amide bonds. The van der Waals surface area contributed by atoms with Crippen molar-refractivity contribution in [1.82, 2.24) is 0 Å². The molecule has 0 saturated carbocycles. The molecule has 1 unspecified atom stereocenters. The Morgan fingerprint density at radius 1 is 1.46 bits per heavy atom. The number of aliphatic hydroxyl groups excluding tert-OH is 1. The molecule has 1 aliphatic rings. The van der Waals surface area contributed by atoms with Crippen molar-refractivity contribution in [2.45, 2.75) is 44.4 Å². The van der Waals surface area contributed by atoms with Crippen LogP contribution in [0, 0.1) is 0 Å². The second-order valence-electron chi connectivity index (χ2n) is 3.67. The lowest BCUT2D eigenvalue weighted by Gasteiger charge is -2.43. The van der Waals surface area contributed by atoms with Gasteiger partial charge in [0.15, 0.2) is 6.29 Å². The zero-order chi connectivity index (χ0) is 10.1. The van der Waals surface area contributed by atoms with Gasteiger partial charge in [0.05, 0.1) is 11.7 Å². The highest BCUT2D eigenvalue weighted by Crippen LogP contribution is 2.31. The van der Waals surface area contributed by atoms with Crippen LogP contribution < -0.4 is 0 Å². The molecule has 0 aromatic heterocycles. The summed E-state index contributed by atoms with van der Waals surface area (Å²) in [6.07, 6.45) is -0.609. The van der Waals surface area contributed by atoms with Crippen LogP contribution in [0.2, 0.25) is 0 Å². The minimum atomic E-state index is -0.608. The van der Waals surface area contributed by atoms with Crippen LogP contribution in [-0.4, -0.2) is 43.4 Å². The summed E-state index contributed by atoms with van der Waals surface area (Å²) < 4.78 is 15.8. The minimum Gasteiger partial charge on any atom is -0.387 e. The summed E-state index contributed by atoms with van der Waals surface area (Å²) in [5.74, 6) is 0. The summed E-state index contributed by atoms with van der Waals surface area (Å²) in [6, 6.07) is 0. The molecule has 1 heterocycles. The van der Waals surface area contributed by atoms with Crippen LogP contribution in [-0.2, 0) is 14.2 Å². The third-order valence-electron chi connectivity index (χ3n) is 2.74. The molecular weight excluding hydrogens is 172 g/mol. The van der Waals surface area contributed by atoms with E-state index in [1.807, 2.05) is 13.8 Å². The van der Waals surface area contributed by atoms with E-state index < -0.39 is 11.7 Å². The Morgan fingerprint density at radius 3 is 2.54 bits per heavy atom. The van der Waals surface area contributed by atoms with Crippen LogP contribution in [0.15, 0.2) is 0 Å². The Balaban J connectivity index is 2.71. The zero-order valence-corrected chi connectivity index (χ0v) is 8.61. The van der Waals surface area contributed by atoms with Crippen molar-refractivity contribution in [3.63, 3.8) is 0 Å². The molecule has 1 fully saturated rings. The third-order valence-corrected chi connectivity index (χ3v) is 2.74. The highest BCUT2D eigenvalue weighted by atomic mass is 16.7. The van der Waals surface area contributed by atoms with Crippen LogP contribution in [0.4, 0.5) is 0 Å². The van der Waals surface area contributed by atoms with Crippen molar-refractivity contribution < 1.29 is 19.3 Å². The zero-order valence-electron chi connectivity index (χ0n) is 8.61. The van der Waals surface area contributed by atoms with E-state index in [1.165, 1.54) is 0 Å². The first-order chi connectivity index (χ1) is 6.03. The van der Waals surface area contributed by atoms with Crippen LogP contribution in [0.1, 0.15) is 20.3 Å². The van der Waals surface area contributed by atoms with E-state index >= 15 is 0 Å². The second-order valence-corrected chi connectivity index (χ2v) is 3.67. The van der Waals surface area contributed by atoms with Crippen LogP contribution >= 0.6 is 0 Å². The van der Waals surface area contributed by atoms with E-state index in [0.29, 0.717) is 6.42 Å². The lowest BCUT2D eigenvalue weighted by atomic mass is 9.88. The largest absolute Gasteiger partial charge is 0.387 e. The predicted molar refractivity (Wildman–Crippen MR) is 47.4 cm³/mol. The average Bonchev–Trinajstić information content (AvgIpc) is 2.13. The van der Waals surface area contributed by atoms with Crippen LogP contribution in [0.25, 0.3) is 0 Å². The fourth-order valence-corrected chi connectivity index (χ4v) is 1.65. The molecule has 13 heavy (non-hydrogen) atoms. The van der Waals surface area contributed by atoms with Gasteiger partial charge in [0.1, 0.15) is 6.10 Å². The van der Waals surface area contributed by atoms with Gasteiger partial charge in [-0.05, 0) is 13.8 Å². The number of hydrogen-bond donors (Lipinski definition) is 1. The maximum Gasteiger partial charge on any atom is 0.160 e. The molecule has 1 N–H and O–H groups in total. The van der Waals surface area contributed by atoms with Gasteiger partial charge in [-0.3, -0.25) is 0 Å². The Bertz CT molecular complexity index is 173. The highest BCUT2D eigenvalue weighted by molar-refractivity contribution is 4.92. The van der Waals surface area contributed by atoms with Gasteiger partial charge in [0.25, 0.3) is 0 Å². The standard InChI is InChI=1S/C9H18O4/c1-6-8(10)9(2,12-4)5-7(11-3)13-6/h6-8,10H,5H2,1-4H3/t6?,7-,8+,9-/m0/s1. The van der Waals surface area contributed by atoms with Gasteiger partial charge < -0.3 is 19.3 Å². The molecule has 1 aliphatic heterocycles. The Labute approximate surface area is 78.8 Å². The van der Waals surface area contributed by atoms with Gasteiger partial charge in [-0.1, -0.05) is 0 Å². The maximum atomic E-state index is 9.80. The summed E-state index contributed by atoms with van der Waals surface area (Å²) >= 11 is 0. The molecule has 1 rings (SSSR count). The average molecular weight is 190 g/mol. The Kier molecular flexibility index (Phi) is 3.29. The number of ether oxygens (including phenoxy) is 3. The molecule has 0 aromatic rings. The molecule has 4 nitrogen and oxygen atoms in total. The normalized spacial score (nSPS) is 46.4. The van der Waals surface area contributed by atoms with E-state index in [0.717, 1.165) is 0 Å². The first kappa shape index (κ1) is 10.9. The number of rotatable bonds is 2. The summed E-state index contributed by atoms with van der Waals surface area (Å²) in [5, 5.41) is 9.80. The van der Waals surface area contributed by atoms with Gasteiger partial charge in [-0.25, -0.2) is 0 Å². The number of hydrogen-bond acceptors (Lipinski definition) is 4. The van der Waals surface area contributed by atoms with Crippen molar-refractivity contribution in [3.05, 3.63) is 0 Å². The minimum absolute atomic E-state index is 0.261. The van der Waals surface area contributed by atoms with E-state index in [1.54, 1.807) is 14.2 Å². The SMILES string of the molecule is CO[C@@H]1C[C@](C)(OC)[C@H](O)C(C)O1. The lowest BCUT2D eigenvalue weighted by molar-refractivity contribution is -0.271. The summed E-state index contributed by atoms with van der Waals surface area (Å²) in [5.41, 5.74) is -0.571. The predicted octanol–water partition coefficient (Wildman–Crippen LogP) is 0.534. The molecule has 0 aromatic carbocycles. The quantitative estimate of drug-likeness (QED) is 0.690. The molecule has 0 radical (unpaired) electrons. The molecule has 1 saturated heterocycles. The summed E-state index contributed by atoms with van der Waals surface area (Å²) in [4.78, 5) is 0. The molecule has 78 valence electrons. The Morgan fingerprint density at radius 2 is 2.08 bits per heavy atom. The fraction of sp³-hybridized carbons (Fsp3) is 1.00. The molecule has 4 atom stereocenters. The van der Waals surface area contributed by atoms with Gasteiger partial charge in [-0.15, -0.1) is 0 Å².